The fraction of sp³-hybridized carbons (Fsp3) is 0.632. The van der Waals surface area contributed by atoms with Crippen molar-refractivity contribution in [2.75, 3.05) is 0 Å². The molecule has 1 fully saturated rings. The number of hydrogen-bond donors (Lipinski definition) is 0. The van der Waals surface area contributed by atoms with Crippen LogP contribution in [0.2, 0.25) is 0 Å². The Hall–Kier alpha value is -1.43. The Morgan fingerprint density at radius 2 is 1.77 bits per heavy atom. The quantitative estimate of drug-likeness (QED) is 0.584. The molecule has 0 spiro atoms. The summed E-state index contributed by atoms with van der Waals surface area (Å²) >= 11 is 0. The average Bonchev–Trinajstić information content (AvgIpc) is 2.55. The van der Waals surface area contributed by atoms with Crippen molar-refractivity contribution < 1.29 is 8.78 Å². The van der Waals surface area contributed by atoms with Crippen molar-refractivity contribution in [2.24, 2.45) is 5.92 Å². The summed E-state index contributed by atoms with van der Waals surface area (Å²) in [5.41, 5.74) is 0.256. The van der Waals surface area contributed by atoms with Gasteiger partial charge in [0.15, 0.2) is 11.6 Å². The molecule has 22 heavy (non-hydrogen) atoms. The molecular formula is C19H25F2N. The largest absolute Gasteiger partial charge is 0.203 e. The maximum absolute atomic E-state index is 14.1. The van der Waals surface area contributed by atoms with Gasteiger partial charge in [0.1, 0.15) is 6.07 Å². The van der Waals surface area contributed by atoms with Crippen molar-refractivity contribution in [2.45, 2.75) is 70.6 Å². The van der Waals surface area contributed by atoms with Gasteiger partial charge in [-0.2, -0.15) is 5.26 Å². The molecule has 0 radical (unpaired) electrons. The molecule has 0 aromatic heterocycles. The molecule has 1 nitrogen and oxygen atoms in total. The smallest absolute Gasteiger partial charge is 0.176 e. The third kappa shape index (κ3) is 4.06. The molecule has 3 heteroatoms. The number of hydrogen-bond acceptors (Lipinski definition) is 1. The minimum atomic E-state index is -0.985. The Morgan fingerprint density at radius 1 is 1.05 bits per heavy atom. The van der Waals surface area contributed by atoms with Crippen LogP contribution in [-0.4, -0.2) is 0 Å². The molecule has 0 aliphatic heterocycles. The van der Waals surface area contributed by atoms with Gasteiger partial charge in [0, 0.05) is 0 Å². The second-order valence-electron chi connectivity index (χ2n) is 6.51. The van der Waals surface area contributed by atoms with Gasteiger partial charge < -0.3 is 0 Å². The topological polar surface area (TPSA) is 23.8 Å². The molecule has 1 aliphatic carbocycles. The van der Waals surface area contributed by atoms with Crippen LogP contribution >= 0.6 is 0 Å². The standard InChI is InChI=1S/C19H25F2N/c1-2-3-4-5-6-14-7-9-15(10-8-14)17-12-11-16(13-22)18(20)19(17)21/h11-12,14-15H,2-10H2,1H3/t14-,15-. The molecule has 1 aromatic carbocycles. The lowest BCUT2D eigenvalue weighted by atomic mass is 9.76. The van der Waals surface area contributed by atoms with E-state index >= 15 is 0 Å². The lowest BCUT2D eigenvalue weighted by Crippen LogP contribution is -2.15. The van der Waals surface area contributed by atoms with Crippen LogP contribution in [0, 0.1) is 28.9 Å². The van der Waals surface area contributed by atoms with Crippen LogP contribution in [0.25, 0.3) is 0 Å². The lowest BCUT2D eigenvalue weighted by molar-refractivity contribution is 0.297. The zero-order valence-electron chi connectivity index (χ0n) is 13.4. The van der Waals surface area contributed by atoms with Crippen molar-refractivity contribution >= 4 is 0 Å². The van der Waals surface area contributed by atoms with Gasteiger partial charge in [0.05, 0.1) is 5.56 Å². The molecule has 2 rings (SSSR count). The minimum absolute atomic E-state index is 0.106. The Labute approximate surface area is 132 Å². The summed E-state index contributed by atoms with van der Waals surface area (Å²) in [5.74, 6) is -0.944. The monoisotopic (exact) mass is 305 g/mol. The summed E-state index contributed by atoms with van der Waals surface area (Å²) in [6.45, 7) is 2.22. The van der Waals surface area contributed by atoms with Gasteiger partial charge in [-0.3, -0.25) is 0 Å². The first-order chi connectivity index (χ1) is 10.7. The van der Waals surface area contributed by atoms with Crippen molar-refractivity contribution in [3.63, 3.8) is 0 Å². The van der Waals surface area contributed by atoms with Crippen LogP contribution in [0.4, 0.5) is 8.78 Å². The van der Waals surface area contributed by atoms with Crippen LogP contribution < -0.4 is 0 Å². The number of halogens is 2. The van der Waals surface area contributed by atoms with Crippen molar-refractivity contribution in [1.29, 1.82) is 5.26 Å². The number of benzene rings is 1. The fourth-order valence-corrected chi connectivity index (χ4v) is 3.59. The molecule has 1 aliphatic rings. The van der Waals surface area contributed by atoms with Crippen LogP contribution in [0.1, 0.15) is 81.8 Å². The Bertz CT molecular complexity index is 525. The summed E-state index contributed by atoms with van der Waals surface area (Å²) < 4.78 is 27.8. The average molecular weight is 305 g/mol. The highest BCUT2D eigenvalue weighted by atomic mass is 19.2. The molecule has 1 aromatic rings. The van der Waals surface area contributed by atoms with E-state index in [0.29, 0.717) is 5.56 Å². The summed E-state index contributed by atoms with van der Waals surface area (Å²) in [4.78, 5) is 0. The van der Waals surface area contributed by atoms with Crippen LogP contribution in [0.3, 0.4) is 0 Å². The van der Waals surface area contributed by atoms with E-state index in [0.717, 1.165) is 31.6 Å². The lowest BCUT2D eigenvalue weighted by Gasteiger charge is -2.29. The molecule has 0 atom stereocenters. The predicted molar refractivity (Wildman–Crippen MR) is 84.5 cm³/mol. The van der Waals surface area contributed by atoms with Crippen LogP contribution in [-0.2, 0) is 0 Å². The van der Waals surface area contributed by atoms with Crippen molar-refractivity contribution in [3.8, 4) is 6.07 Å². The molecule has 0 bridgehead atoms. The van der Waals surface area contributed by atoms with Crippen molar-refractivity contribution in [3.05, 3.63) is 34.9 Å². The Kier molecular flexibility index (Phi) is 6.36. The summed E-state index contributed by atoms with van der Waals surface area (Å²) in [7, 11) is 0. The first-order valence-corrected chi connectivity index (χ1v) is 8.55. The SMILES string of the molecule is CCCCCC[C@H]1CC[C@H](c2ccc(C#N)c(F)c2F)CC1. The van der Waals surface area contributed by atoms with Gasteiger partial charge in [0.2, 0.25) is 0 Å². The number of nitrogens with zero attached hydrogens (tertiary/aromatic N) is 1. The second-order valence-corrected chi connectivity index (χ2v) is 6.51. The molecular weight excluding hydrogens is 280 g/mol. The molecule has 0 unspecified atom stereocenters. The molecule has 0 heterocycles. The third-order valence-corrected chi connectivity index (χ3v) is 4.99. The minimum Gasteiger partial charge on any atom is -0.203 e. The highest BCUT2D eigenvalue weighted by Crippen LogP contribution is 2.39. The molecule has 0 N–H and O–H groups in total. The van der Waals surface area contributed by atoms with E-state index in [1.54, 1.807) is 12.1 Å². The van der Waals surface area contributed by atoms with E-state index in [-0.39, 0.29) is 11.5 Å². The van der Waals surface area contributed by atoms with E-state index in [1.807, 2.05) is 0 Å². The number of unbranched alkanes of at least 4 members (excludes halogenated alkanes) is 3. The molecule has 0 amide bonds. The van der Waals surface area contributed by atoms with E-state index in [9.17, 15) is 8.78 Å². The normalized spacial score (nSPS) is 21.5. The zero-order valence-corrected chi connectivity index (χ0v) is 13.4. The van der Waals surface area contributed by atoms with E-state index < -0.39 is 11.6 Å². The van der Waals surface area contributed by atoms with Crippen LogP contribution in [0.5, 0.6) is 0 Å². The van der Waals surface area contributed by atoms with Crippen LogP contribution in [0.15, 0.2) is 12.1 Å². The zero-order chi connectivity index (χ0) is 15.9. The Morgan fingerprint density at radius 3 is 2.41 bits per heavy atom. The molecule has 120 valence electrons. The summed E-state index contributed by atoms with van der Waals surface area (Å²) in [5, 5.41) is 8.74. The fourth-order valence-electron chi connectivity index (χ4n) is 3.59. The van der Waals surface area contributed by atoms with E-state index in [2.05, 4.69) is 6.92 Å². The first kappa shape index (κ1) is 16.9. The van der Waals surface area contributed by atoms with Gasteiger partial charge in [0.25, 0.3) is 0 Å². The highest BCUT2D eigenvalue weighted by Gasteiger charge is 2.26. The second kappa shape index (κ2) is 8.27. The summed E-state index contributed by atoms with van der Waals surface area (Å²) in [6, 6.07) is 4.70. The maximum Gasteiger partial charge on any atom is 0.176 e. The predicted octanol–water partition coefficient (Wildman–Crippen LogP) is 6.08. The summed E-state index contributed by atoms with van der Waals surface area (Å²) in [6.07, 6.45) is 10.5. The Balaban J connectivity index is 1.89. The highest BCUT2D eigenvalue weighted by molar-refractivity contribution is 5.36. The number of rotatable bonds is 6. The first-order valence-electron chi connectivity index (χ1n) is 8.55. The van der Waals surface area contributed by atoms with E-state index in [4.69, 9.17) is 5.26 Å². The maximum atomic E-state index is 14.1. The van der Waals surface area contributed by atoms with Gasteiger partial charge in [-0.1, -0.05) is 45.1 Å². The van der Waals surface area contributed by atoms with Gasteiger partial charge >= 0.3 is 0 Å². The molecule has 1 saturated carbocycles. The van der Waals surface area contributed by atoms with Gasteiger partial charge in [-0.05, 0) is 49.1 Å². The number of nitriles is 1. The van der Waals surface area contributed by atoms with Gasteiger partial charge in [-0.25, -0.2) is 8.78 Å². The molecule has 0 saturated heterocycles. The third-order valence-electron chi connectivity index (χ3n) is 4.99. The van der Waals surface area contributed by atoms with Crippen molar-refractivity contribution in [1.82, 2.24) is 0 Å². The van der Waals surface area contributed by atoms with E-state index in [1.165, 1.54) is 38.2 Å². The van der Waals surface area contributed by atoms with Gasteiger partial charge in [-0.15, -0.1) is 0 Å².